The van der Waals surface area contributed by atoms with E-state index in [1.807, 2.05) is 19.1 Å². The van der Waals surface area contributed by atoms with Crippen LogP contribution >= 0.6 is 0 Å². The fourth-order valence-electron chi connectivity index (χ4n) is 6.30. The fourth-order valence-corrected chi connectivity index (χ4v) is 6.30. The summed E-state index contributed by atoms with van der Waals surface area (Å²) in [5.41, 5.74) is 1.53. The van der Waals surface area contributed by atoms with Gasteiger partial charge in [-0.3, -0.25) is 34.3 Å². The van der Waals surface area contributed by atoms with Crippen molar-refractivity contribution in [3.63, 3.8) is 0 Å². The Morgan fingerprint density at radius 1 is 1.00 bits per heavy atom. The van der Waals surface area contributed by atoms with Gasteiger partial charge < -0.3 is 0 Å². The van der Waals surface area contributed by atoms with Crippen molar-refractivity contribution in [3.8, 4) is 0 Å². The molecule has 1 heterocycles. The lowest BCUT2D eigenvalue weighted by atomic mass is 9.63. The van der Waals surface area contributed by atoms with Gasteiger partial charge in [0.2, 0.25) is 11.8 Å². The van der Waals surface area contributed by atoms with Crippen LogP contribution in [-0.2, 0) is 9.59 Å². The molecule has 172 valence electrons. The third-order valence-electron chi connectivity index (χ3n) is 8.01. The number of carbonyl (C=O) groups excluding carboxylic acids is 3. The molecule has 0 radical (unpaired) electrons. The molecule has 1 aliphatic heterocycles. The van der Waals surface area contributed by atoms with E-state index < -0.39 is 10.8 Å². The summed E-state index contributed by atoms with van der Waals surface area (Å²) in [6, 6.07) is 12.6. The topological polar surface area (TPSA) is 101 Å². The first-order valence-corrected chi connectivity index (χ1v) is 11.5. The summed E-state index contributed by atoms with van der Waals surface area (Å²) in [7, 11) is 0. The summed E-state index contributed by atoms with van der Waals surface area (Å²) in [4.78, 5) is 53.7. The normalized spacial score (nSPS) is 30.2. The summed E-state index contributed by atoms with van der Waals surface area (Å²) < 4.78 is 0. The molecule has 0 N–H and O–H groups in total. The summed E-state index contributed by atoms with van der Waals surface area (Å²) in [6.45, 7) is 1.68. The van der Waals surface area contributed by atoms with Crippen molar-refractivity contribution in [1.82, 2.24) is 4.90 Å². The quantitative estimate of drug-likeness (QED) is 0.296. The van der Waals surface area contributed by atoms with Crippen molar-refractivity contribution in [1.29, 1.82) is 0 Å². The van der Waals surface area contributed by atoms with E-state index in [4.69, 9.17) is 0 Å². The van der Waals surface area contributed by atoms with Crippen molar-refractivity contribution in [2.75, 3.05) is 11.6 Å². The van der Waals surface area contributed by atoms with Gasteiger partial charge in [0.05, 0.1) is 16.8 Å². The van der Waals surface area contributed by atoms with Gasteiger partial charge in [0.1, 0.15) is 6.67 Å². The maximum Gasteiger partial charge on any atom is 0.269 e. The highest BCUT2D eigenvalue weighted by molar-refractivity contribution is 6.10. The van der Waals surface area contributed by atoms with Crippen LogP contribution in [0.25, 0.3) is 0 Å². The molecule has 6 unspecified atom stereocenters. The number of hydrogen-bond acceptors (Lipinski definition) is 5. The van der Waals surface area contributed by atoms with E-state index in [0.29, 0.717) is 17.5 Å². The SMILES string of the molecule is Cc1ccccc1N(CN1C(=O)C2C3C=CC(C4CC34)C2C1=O)C(=O)c1ccc([N+](=O)[O-])cc1. The van der Waals surface area contributed by atoms with E-state index in [-0.39, 0.29) is 53.4 Å². The van der Waals surface area contributed by atoms with Gasteiger partial charge in [-0.05, 0) is 60.8 Å². The number of aryl methyl sites for hydroxylation is 1. The van der Waals surface area contributed by atoms with Gasteiger partial charge in [0.15, 0.2) is 0 Å². The molecule has 1 saturated heterocycles. The maximum absolute atomic E-state index is 13.6. The van der Waals surface area contributed by atoms with Crippen molar-refractivity contribution in [3.05, 3.63) is 81.9 Å². The Morgan fingerprint density at radius 2 is 1.59 bits per heavy atom. The summed E-state index contributed by atoms with van der Waals surface area (Å²) >= 11 is 0. The molecule has 8 nitrogen and oxygen atoms in total. The summed E-state index contributed by atoms with van der Waals surface area (Å²) in [5, 5.41) is 11.0. The van der Waals surface area contributed by atoms with E-state index in [9.17, 15) is 24.5 Å². The molecule has 5 aliphatic rings. The van der Waals surface area contributed by atoms with Gasteiger partial charge in [0, 0.05) is 23.4 Å². The molecule has 2 aromatic carbocycles. The van der Waals surface area contributed by atoms with E-state index >= 15 is 0 Å². The molecular weight excluding hydrogens is 434 g/mol. The zero-order valence-electron chi connectivity index (χ0n) is 18.5. The number of carbonyl (C=O) groups is 3. The molecule has 2 saturated carbocycles. The van der Waals surface area contributed by atoms with Crippen LogP contribution in [0.15, 0.2) is 60.7 Å². The van der Waals surface area contributed by atoms with Gasteiger partial charge in [-0.2, -0.15) is 0 Å². The Kier molecular flexibility index (Phi) is 4.49. The van der Waals surface area contributed by atoms with Crippen molar-refractivity contribution >= 4 is 29.1 Å². The maximum atomic E-state index is 13.6. The van der Waals surface area contributed by atoms with Gasteiger partial charge in [-0.1, -0.05) is 30.4 Å². The second-order valence-corrected chi connectivity index (χ2v) is 9.72. The van der Waals surface area contributed by atoms with E-state index in [2.05, 4.69) is 12.2 Å². The van der Waals surface area contributed by atoms with E-state index in [1.54, 1.807) is 12.1 Å². The second kappa shape index (κ2) is 7.35. The molecule has 6 atom stereocenters. The average molecular weight is 457 g/mol. The number of allylic oxidation sites excluding steroid dienone is 2. The molecule has 4 aliphatic carbocycles. The Morgan fingerprint density at radius 3 is 2.15 bits per heavy atom. The molecular formula is C26H23N3O5. The molecule has 0 spiro atoms. The van der Waals surface area contributed by atoms with Crippen LogP contribution in [0, 0.1) is 52.5 Å². The van der Waals surface area contributed by atoms with Crippen molar-refractivity contribution in [2.24, 2.45) is 35.5 Å². The van der Waals surface area contributed by atoms with Crippen LogP contribution in [0.5, 0.6) is 0 Å². The highest BCUT2D eigenvalue weighted by Gasteiger charge is 2.67. The van der Waals surface area contributed by atoms with Crippen LogP contribution in [0.4, 0.5) is 11.4 Å². The first-order chi connectivity index (χ1) is 16.4. The molecule has 3 fully saturated rings. The van der Waals surface area contributed by atoms with Gasteiger partial charge in [0.25, 0.3) is 11.6 Å². The fraction of sp³-hybridized carbons (Fsp3) is 0.346. The number of anilines is 1. The molecule has 7 rings (SSSR count). The highest BCUT2D eigenvalue weighted by Crippen LogP contribution is 2.65. The van der Waals surface area contributed by atoms with E-state index in [1.165, 1.54) is 34.1 Å². The number of non-ortho nitro benzene ring substituents is 1. The standard InChI is InChI=1S/C26H23N3O5/c1-14-4-2-3-5-21(14)27(24(30)15-6-8-16(9-7-15)29(33)34)13-28-25(31)22-17-10-11-18(20-12-19(17)20)23(22)26(28)32/h2-11,17-20,22-23H,12-13H2,1H3. The zero-order chi connectivity index (χ0) is 23.7. The monoisotopic (exact) mass is 457 g/mol. The molecule has 8 heteroatoms. The third kappa shape index (κ3) is 2.94. The van der Waals surface area contributed by atoms with Crippen LogP contribution in [0.3, 0.4) is 0 Å². The number of likely N-dealkylation sites (tertiary alicyclic amines) is 1. The van der Waals surface area contributed by atoms with Crippen molar-refractivity contribution in [2.45, 2.75) is 13.3 Å². The first kappa shape index (κ1) is 20.8. The van der Waals surface area contributed by atoms with Crippen LogP contribution < -0.4 is 4.90 Å². The van der Waals surface area contributed by atoms with Crippen molar-refractivity contribution < 1.29 is 19.3 Å². The second-order valence-electron chi connectivity index (χ2n) is 9.72. The van der Waals surface area contributed by atoms with Gasteiger partial charge >= 0.3 is 0 Å². The summed E-state index contributed by atoms with van der Waals surface area (Å²) in [6.07, 6.45) is 5.33. The number of benzene rings is 2. The smallest absolute Gasteiger partial charge is 0.269 e. The Balaban J connectivity index is 1.34. The number of rotatable bonds is 5. The average Bonchev–Trinajstić information content (AvgIpc) is 3.63. The minimum Gasteiger partial charge on any atom is -0.289 e. The lowest BCUT2D eigenvalue weighted by molar-refractivity contribution is -0.384. The van der Waals surface area contributed by atoms with Gasteiger partial charge in [-0.15, -0.1) is 0 Å². The third-order valence-corrected chi connectivity index (χ3v) is 8.01. The lowest BCUT2D eigenvalue weighted by Gasteiger charge is -2.37. The first-order valence-electron chi connectivity index (χ1n) is 11.5. The van der Waals surface area contributed by atoms with Gasteiger partial charge in [-0.25, -0.2) is 0 Å². The number of hydrogen-bond donors (Lipinski definition) is 0. The van der Waals surface area contributed by atoms with Crippen LogP contribution in [-0.4, -0.2) is 34.2 Å². The number of para-hydroxylation sites is 1. The number of imide groups is 1. The molecule has 2 aromatic rings. The molecule has 2 bridgehead atoms. The highest BCUT2D eigenvalue weighted by atomic mass is 16.6. The predicted octanol–water partition coefficient (Wildman–Crippen LogP) is 3.56. The Hall–Kier alpha value is -3.81. The number of amides is 3. The Labute approximate surface area is 196 Å². The molecule has 3 amide bonds. The Bertz CT molecular complexity index is 1230. The van der Waals surface area contributed by atoms with E-state index in [0.717, 1.165) is 12.0 Å². The molecule has 34 heavy (non-hydrogen) atoms. The zero-order valence-corrected chi connectivity index (χ0v) is 18.5. The lowest BCUT2D eigenvalue weighted by Crippen LogP contribution is -2.45. The largest absolute Gasteiger partial charge is 0.289 e. The van der Waals surface area contributed by atoms with Crippen LogP contribution in [0.1, 0.15) is 22.3 Å². The molecule has 0 aromatic heterocycles. The summed E-state index contributed by atoms with van der Waals surface area (Å²) in [5.74, 6) is -0.270. The minimum atomic E-state index is -0.524. The number of nitro groups is 1. The number of nitro benzene ring substituents is 1. The predicted molar refractivity (Wildman–Crippen MR) is 123 cm³/mol. The van der Waals surface area contributed by atoms with Crippen LogP contribution in [0.2, 0.25) is 0 Å². The minimum absolute atomic E-state index is 0.110. The number of nitrogens with zero attached hydrogens (tertiary/aromatic N) is 3.